The highest BCUT2D eigenvalue weighted by molar-refractivity contribution is 7.49. The van der Waals surface area contributed by atoms with Crippen LogP contribution in [0.3, 0.4) is 0 Å². The predicted octanol–water partition coefficient (Wildman–Crippen LogP) is 14.0. The first-order valence-electron chi connectivity index (χ1n) is 18.3. The Hall–Kier alpha value is -2.71. The molecule has 5 heteroatoms. The van der Waals surface area contributed by atoms with Gasteiger partial charge in [0.1, 0.15) is 17.2 Å². The van der Waals surface area contributed by atoms with Gasteiger partial charge in [-0.25, -0.2) is 0 Å². The van der Waals surface area contributed by atoms with Crippen LogP contribution in [0.25, 0.3) is 0 Å². The van der Waals surface area contributed by atoms with Gasteiger partial charge in [0.15, 0.2) is 0 Å². The molecular weight excluding hydrogens is 635 g/mol. The fraction of sp³-hybridized carbons (Fsp3) is 0.600. The third-order valence-corrected chi connectivity index (χ3v) is 10.7. The summed E-state index contributed by atoms with van der Waals surface area (Å²) < 4.78 is 36.2. The number of phosphoric ester groups is 1. The van der Waals surface area contributed by atoms with Gasteiger partial charge in [-0.05, 0) is 86.6 Å². The molecule has 0 fully saturated rings. The zero-order valence-corrected chi connectivity index (χ0v) is 36.4. The molecule has 0 unspecified atom stereocenters. The van der Waals surface area contributed by atoms with Crippen molar-refractivity contribution in [3.63, 3.8) is 0 Å². The topological polar surface area (TPSA) is 44.8 Å². The summed E-state index contributed by atoms with van der Waals surface area (Å²) in [6.45, 7) is 45.4. The summed E-state index contributed by atoms with van der Waals surface area (Å²) in [7, 11) is -4.42. The van der Waals surface area contributed by atoms with E-state index in [4.69, 9.17) is 13.6 Å². The van der Waals surface area contributed by atoms with Gasteiger partial charge in [-0.2, -0.15) is 4.57 Å². The van der Waals surface area contributed by atoms with Crippen LogP contribution in [0.1, 0.15) is 175 Å². The van der Waals surface area contributed by atoms with E-state index in [-0.39, 0.29) is 32.5 Å². The van der Waals surface area contributed by atoms with Crippen LogP contribution >= 0.6 is 7.82 Å². The van der Waals surface area contributed by atoms with Crippen LogP contribution in [-0.4, -0.2) is 0 Å². The molecule has 0 saturated carbocycles. The van der Waals surface area contributed by atoms with E-state index in [1.54, 1.807) is 0 Å². The first-order valence-corrected chi connectivity index (χ1v) is 19.8. The second kappa shape index (κ2) is 13.4. The number of hydrogen-bond acceptors (Lipinski definition) is 4. The molecule has 0 aromatic heterocycles. The van der Waals surface area contributed by atoms with Gasteiger partial charge < -0.3 is 13.6 Å². The van der Waals surface area contributed by atoms with Crippen molar-refractivity contribution in [2.24, 2.45) is 0 Å². The summed E-state index contributed by atoms with van der Waals surface area (Å²) in [6, 6.07) is 13.0. The van der Waals surface area contributed by atoms with Crippen LogP contribution in [-0.2, 0) is 37.1 Å². The lowest BCUT2D eigenvalue weighted by Crippen LogP contribution is -2.22. The second-order valence-corrected chi connectivity index (χ2v) is 22.2. The molecule has 0 heterocycles. The number of hydrogen-bond donors (Lipinski definition) is 0. The molecule has 0 N–H and O–H groups in total. The number of phosphoric acid groups is 1. The Labute approximate surface area is 306 Å². The van der Waals surface area contributed by atoms with Crippen LogP contribution in [0.5, 0.6) is 17.2 Å². The minimum absolute atomic E-state index is 0.0823. The van der Waals surface area contributed by atoms with Gasteiger partial charge in [-0.15, -0.1) is 0 Å². The summed E-state index contributed by atoms with van der Waals surface area (Å²) in [4.78, 5) is 0. The van der Waals surface area contributed by atoms with E-state index in [2.05, 4.69) is 161 Å². The Bertz CT molecular complexity index is 1560. The molecule has 0 aliphatic heterocycles. The smallest absolute Gasteiger partial charge is 0.385 e. The Balaban J connectivity index is 2.45. The highest BCUT2D eigenvalue weighted by Gasteiger charge is 2.41. The molecule has 0 aliphatic carbocycles. The maximum Gasteiger partial charge on any atom is 0.647 e. The fourth-order valence-electron chi connectivity index (χ4n) is 6.05. The van der Waals surface area contributed by atoms with Crippen LogP contribution in [0, 0.1) is 20.8 Å². The fourth-order valence-corrected chi connectivity index (χ4v) is 7.56. The van der Waals surface area contributed by atoms with Crippen LogP contribution in [0.4, 0.5) is 0 Å². The van der Waals surface area contributed by atoms with Crippen molar-refractivity contribution < 1.29 is 18.1 Å². The van der Waals surface area contributed by atoms with Crippen molar-refractivity contribution in [3.8, 4) is 17.2 Å². The van der Waals surface area contributed by atoms with E-state index in [1.807, 2.05) is 20.8 Å². The number of aryl methyl sites for hydroxylation is 3. The van der Waals surface area contributed by atoms with Gasteiger partial charge in [-0.3, -0.25) is 0 Å². The molecule has 3 aromatic carbocycles. The molecule has 0 amide bonds. The van der Waals surface area contributed by atoms with Crippen molar-refractivity contribution >= 4 is 7.82 Å². The van der Waals surface area contributed by atoms with E-state index < -0.39 is 7.82 Å². The summed E-state index contributed by atoms with van der Waals surface area (Å²) in [5, 5.41) is 0. The van der Waals surface area contributed by atoms with Crippen molar-refractivity contribution in [3.05, 3.63) is 86.5 Å². The molecule has 0 radical (unpaired) electrons. The Morgan fingerprint density at radius 1 is 0.360 bits per heavy atom. The molecule has 3 rings (SSSR count). The van der Waals surface area contributed by atoms with Gasteiger partial charge >= 0.3 is 7.82 Å². The minimum Gasteiger partial charge on any atom is -0.385 e. The van der Waals surface area contributed by atoms with Crippen molar-refractivity contribution in [1.82, 2.24) is 0 Å². The molecule has 0 spiro atoms. The lowest BCUT2D eigenvalue weighted by atomic mass is 9.79. The molecule has 4 nitrogen and oxygen atoms in total. The normalized spacial score (nSPS) is 13.8. The van der Waals surface area contributed by atoms with Gasteiger partial charge in [-0.1, -0.05) is 161 Å². The van der Waals surface area contributed by atoms with E-state index in [1.165, 1.54) is 16.7 Å². The molecule has 0 aliphatic rings. The molecule has 0 atom stereocenters. The molecule has 278 valence electrons. The van der Waals surface area contributed by atoms with Crippen LogP contribution < -0.4 is 13.6 Å². The molecule has 0 saturated heterocycles. The number of rotatable bonds is 6. The lowest BCUT2D eigenvalue weighted by Gasteiger charge is -2.33. The largest absolute Gasteiger partial charge is 0.647 e. The number of benzene rings is 3. The molecule has 0 bridgehead atoms. The molecular formula is C45H69O4P. The first kappa shape index (κ1) is 41.7. The summed E-state index contributed by atoms with van der Waals surface area (Å²) >= 11 is 0. The van der Waals surface area contributed by atoms with E-state index in [0.717, 1.165) is 33.4 Å². The van der Waals surface area contributed by atoms with Gasteiger partial charge in [0.2, 0.25) is 0 Å². The van der Waals surface area contributed by atoms with E-state index >= 15 is 4.57 Å². The van der Waals surface area contributed by atoms with Gasteiger partial charge in [0.25, 0.3) is 0 Å². The Kier molecular flexibility index (Phi) is 11.1. The molecule has 50 heavy (non-hydrogen) atoms. The first-order chi connectivity index (χ1) is 22.1. The average Bonchev–Trinajstić information content (AvgIpc) is 2.88. The highest BCUT2D eigenvalue weighted by Crippen LogP contribution is 2.57. The van der Waals surface area contributed by atoms with E-state index in [0.29, 0.717) is 17.2 Å². The minimum atomic E-state index is -4.42. The quantitative estimate of drug-likeness (QED) is 0.240. The summed E-state index contributed by atoms with van der Waals surface area (Å²) in [5.41, 5.74) is 7.94. The van der Waals surface area contributed by atoms with Crippen molar-refractivity contribution in [1.29, 1.82) is 0 Å². The SMILES string of the molecule is Cc1cc(C(C)(C)C)cc(C(C)(C)C)c1OP(=O)(Oc1c(C)cc(C(C)(C)C)cc1C(C)(C)C)Oc1c(C)cc(C(C)(C)C)cc1C(C)(C)C. The Morgan fingerprint density at radius 3 is 0.720 bits per heavy atom. The third-order valence-electron chi connectivity index (χ3n) is 9.46. The maximum absolute atomic E-state index is 15.8. The molecule has 3 aromatic rings. The lowest BCUT2D eigenvalue weighted by molar-refractivity contribution is 0.288. The zero-order valence-electron chi connectivity index (χ0n) is 35.5. The van der Waals surface area contributed by atoms with Gasteiger partial charge in [0.05, 0.1) is 0 Å². The van der Waals surface area contributed by atoms with Crippen molar-refractivity contribution in [2.75, 3.05) is 0 Å². The van der Waals surface area contributed by atoms with E-state index in [9.17, 15) is 0 Å². The van der Waals surface area contributed by atoms with Crippen molar-refractivity contribution in [2.45, 2.75) is 178 Å². The standard InChI is InChI=1S/C45H69O4P/c1-28-22-31(40(4,5)6)25-34(43(13,14)15)37(28)47-50(46,48-38-29(2)23-32(41(7,8)9)26-35(38)44(16,17)18)49-39-30(3)24-33(42(10,11)12)27-36(39)45(19,20)21/h22-27H,1-21H3. The predicted molar refractivity (Wildman–Crippen MR) is 215 cm³/mol. The average molecular weight is 705 g/mol. The maximum atomic E-state index is 15.8. The van der Waals surface area contributed by atoms with Crippen LogP contribution in [0.15, 0.2) is 36.4 Å². The Morgan fingerprint density at radius 2 is 0.560 bits per heavy atom. The monoisotopic (exact) mass is 704 g/mol. The van der Waals surface area contributed by atoms with Gasteiger partial charge in [0, 0.05) is 16.7 Å². The zero-order chi connectivity index (χ0) is 38.8. The summed E-state index contributed by atoms with van der Waals surface area (Å²) in [6.07, 6.45) is 0. The summed E-state index contributed by atoms with van der Waals surface area (Å²) in [5.74, 6) is 1.61. The third kappa shape index (κ3) is 9.58. The van der Waals surface area contributed by atoms with Crippen LogP contribution in [0.2, 0.25) is 0 Å². The second-order valence-electron chi connectivity index (χ2n) is 20.7. The highest BCUT2D eigenvalue weighted by atomic mass is 31.2.